The number of amides is 1. The first-order chi connectivity index (χ1) is 13.3. The quantitative estimate of drug-likeness (QED) is 0.803. The molecule has 27 heavy (non-hydrogen) atoms. The Hall–Kier alpha value is -1.39. The third-order valence-corrected chi connectivity index (χ3v) is 6.54. The molecule has 2 atom stereocenters. The third kappa shape index (κ3) is 5.32. The fourth-order valence-corrected chi connectivity index (χ4v) is 4.80. The highest BCUT2D eigenvalue weighted by Crippen LogP contribution is 2.33. The summed E-state index contributed by atoms with van der Waals surface area (Å²) in [4.78, 5) is 17.9. The Morgan fingerprint density at radius 2 is 1.96 bits per heavy atom. The molecule has 0 radical (unpaired) electrons. The molecule has 4 nitrogen and oxygen atoms in total. The van der Waals surface area contributed by atoms with Crippen LogP contribution in [-0.4, -0.2) is 61.0 Å². The first kappa shape index (κ1) is 18.9. The van der Waals surface area contributed by atoms with Gasteiger partial charge in [-0.2, -0.15) is 0 Å². The minimum absolute atomic E-state index is 0.338. The summed E-state index contributed by atoms with van der Waals surface area (Å²) < 4.78 is 0. The SMILES string of the molecule is O=C(C1CC1)N(CC1CCCN(CCc2ccccc2)C1)C1CCCNC1. The van der Waals surface area contributed by atoms with E-state index in [1.54, 1.807) is 0 Å². The number of hydrogen-bond acceptors (Lipinski definition) is 3. The van der Waals surface area contributed by atoms with Crippen molar-refractivity contribution in [3.05, 3.63) is 35.9 Å². The molecule has 1 aromatic carbocycles. The molecule has 2 aliphatic heterocycles. The van der Waals surface area contributed by atoms with Crippen molar-refractivity contribution in [2.75, 3.05) is 39.3 Å². The highest BCUT2D eigenvalue weighted by Gasteiger charge is 2.38. The monoisotopic (exact) mass is 369 g/mol. The summed E-state index contributed by atoms with van der Waals surface area (Å²) in [5, 5.41) is 3.51. The van der Waals surface area contributed by atoms with E-state index in [9.17, 15) is 4.79 Å². The van der Waals surface area contributed by atoms with E-state index in [0.29, 0.717) is 23.8 Å². The number of benzene rings is 1. The second-order valence-electron chi connectivity index (χ2n) is 8.81. The maximum absolute atomic E-state index is 13.0. The van der Waals surface area contributed by atoms with E-state index in [0.717, 1.165) is 52.0 Å². The van der Waals surface area contributed by atoms with Gasteiger partial charge in [-0.25, -0.2) is 0 Å². The van der Waals surface area contributed by atoms with Gasteiger partial charge in [0.05, 0.1) is 0 Å². The Kier molecular flexibility index (Phi) is 6.46. The molecule has 0 spiro atoms. The van der Waals surface area contributed by atoms with Crippen molar-refractivity contribution in [2.45, 2.75) is 51.0 Å². The second-order valence-corrected chi connectivity index (χ2v) is 8.81. The molecular weight excluding hydrogens is 334 g/mol. The predicted octanol–water partition coefficient (Wildman–Crippen LogP) is 2.93. The molecule has 2 unspecified atom stereocenters. The van der Waals surface area contributed by atoms with Gasteiger partial charge in [0, 0.05) is 38.1 Å². The van der Waals surface area contributed by atoms with E-state index in [2.05, 4.69) is 45.4 Å². The lowest BCUT2D eigenvalue weighted by Crippen LogP contribution is -2.52. The number of carbonyl (C=O) groups is 1. The molecule has 1 N–H and O–H groups in total. The van der Waals surface area contributed by atoms with Crippen molar-refractivity contribution in [1.29, 1.82) is 0 Å². The Balaban J connectivity index is 1.32. The van der Waals surface area contributed by atoms with Crippen LogP contribution in [0.5, 0.6) is 0 Å². The molecule has 3 aliphatic rings. The lowest BCUT2D eigenvalue weighted by molar-refractivity contribution is -0.136. The molecule has 2 saturated heterocycles. The van der Waals surface area contributed by atoms with Crippen LogP contribution in [0.3, 0.4) is 0 Å². The van der Waals surface area contributed by atoms with Gasteiger partial charge in [0.1, 0.15) is 0 Å². The zero-order chi connectivity index (χ0) is 18.5. The highest BCUT2D eigenvalue weighted by molar-refractivity contribution is 5.81. The summed E-state index contributed by atoms with van der Waals surface area (Å²) in [6.07, 6.45) is 8.28. The van der Waals surface area contributed by atoms with Gasteiger partial charge in [0.2, 0.25) is 5.91 Å². The van der Waals surface area contributed by atoms with E-state index in [1.807, 2.05) is 0 Å². The highest BCUT2D eigenvalue weighted by atomic mass is 16.2. The van der Waals surface area contributed by atoms with Gasteiger partial charge < -0.3 is 15.1 Å². The summed E-state index contributed by atoms with van der Waals surface area (Å²) in [7, 11) is 0. The van der Waals surface area contributed by atoms with Gasteiger partial charge >= 0.3 is 0 Å². The Bertz CT molecular complexity index is 595. The molecular formula is C23H35N3O. The summed E-state index contributed by atoms with van der Waals surface area (Å²) >= 11 is 0. The Morgan fingerprint density at radius 1 is 1.11 bits per heavy atom. The van der Waals surface area contributed by atoms with Crippen LogP contribution < -0.4 is 5.32 Å². The van der Waals surface area contributed by atoms with Crippen molar-refractivity contribution in [2.24, 2.45) is 11.8 Å². The summed E-state index contributed by atoms with van der Waals surface area (Å²) in [6.45, 7) is 6.58. The van der Waals surface area contributed by atoms with Crippen LogP contribution in [0.1, 0.15) is 44.1 Å². The second kappa shape index (κ2) is 9.20. The maximum atomic E-state index is 13.0. The standard InChI is InChI=1S/C23H35N3O/c27-23(21-10-11-21)26(22-9-4-13-24-16-22)18-20-8-5-14-25(17-20)15-12-19-6-2-1-3-7-19/h1-3,6-7,20-22,24H,4-5,8-18H2. The van der Waals surface area contributed by atoms with Gasteiger partial charge in [-0.1, -0.05) is 30.3 Å². The van der Waals surface area contributed by atoms with E-state index >= 15 is 0 Å². The van der Waals surface area contributed by atoms with Gasteiger partial charge in [0.15, 0.2) is 0 Å². The largest absolute Gasteiger partial charge is 0.338 e. The van der Waals surface area contributed by atoms with Gasteiger partial charge in [-0.15, -0.1) is 0 Å². The average Bonchev–Trinajstić information content (AvgIpc) is 3.57. The third-order valence-electron chi connectivity index (χ3n) is 6.54. The minimum atomic E-state index is 0.338. The molecule has 1 saturated carbocycles. The Morgan fingerprint density at radius 3 is 2.70 bits per heavy atom. The smallest absolute Gasteiger partial charge is 0.225 e. The lowest BCUT2D eigenvalue weighted by atomic mass is 9.95. The molecule has 1 aromatic rings. The van der Waals surface area contributed by atoms with Crippen LogP contribution in [0.25, 0.3) is 0 Å². The van der Waals surface area contributed by atoms with Crippen molar-refractivity contribution in [3.63, 3.8) is 0 Å². The van der Waals surface area contributed by atoms with Crippen molar-refractivity contribution in [1.82, 2.24) is 15.1 Å². The molecule has 3 fully saturated rings. The normalized spacial score (nSPS) is 26.7. The fourth-order valence-electron chi connectivity index (χ4n) is 4.80. The molecule has 0 bridgehead atoms. The molecule has 2 heterocycles. The first-order valence-corrected chi connectivity index (χ1v) is 11.1. The van der Waals surface area contributed by atoms with Crippen LogP contribution in [0.2, 0.25) is 0 Å². The molecule has 148 valence electrons. The van der Waals surface area contributed by atoms with Crippen molar-refractivity contribution in [3.8, 4) is 0 Å². The predicted molar refractivity (Wildman–Crippen MR) is 110 cm³/mol. The zero-order valence-electron chi connectivity index (χ0n) is 16.6. The van der Waals surface area contributed by atoms with Crippen LogP contribution in [0.15, 0.2) is 30.3 Å². The topological polar surface area (TPSA) is 35.6 Å². The van der Waals surface area contributed by atoms with Gasteiger partial charge in [-0.3, -0.25) is 4.79 Å². The number of hydrogen-bond donors (Lipinski definition) is 1. The number of rotatable bonds is 7. The van der Waals surface area contributed by atoms with Crippen LogP contribution >= 0.6 is 0 Å². The van der Waals surface area contributed by atoms with Crippen molar-refractivity contribution < 1.29 is 4.79 Å². The average molecular weight is 370 g/mol. The summed E-state index contributed by atoms with van der Waals surface area (Å²) in [5.41, 5.74) is 1.43. The summed E-state index contributed by atoms with van der Waals surface area (Å²) in [6, 6.07) is 11.2. The molecule has 4 heteroatoms. The molecule has 0 aromatic heterocycles. The van der Waals surface area contributed by atoms with E-state index < -0.39 is 0 Å². The van der Waals surface area contributed by atoms with Gasteiger partial charge in [-0.05, 0) is 69.5 Å². The molecule has 4 rings (SSSR count). The fraction of sp³-hybridized carbons (Fsp3) is 0.696. The first-order valence-electron chi connectivity index (χ1n) is 11.1. The van der Waals surface area contributed by atoms with Crippen LogP contribution in [0.4, 0.5) is 0 Å². The molecule has 1 aliphatic carbocycles. The van der Waals surface area contributed by atoms with Crippen molar-refractivity contribution >= 4 is 5.91 Å². The number of piperidine rings is 2. The summed E-state index contributed by atoms with van der Waals surface area (Å²) in [5.74, 6) is 1.42. The van der Waals surface area contributed by atoms with Crippen LogP contribution in [-0.2, 0) is 11.2 Å². The number of nitrogens with zero attached hydrogens (tertiary/aromatic N) is 2. The lowest BCUT2D eigenvalue weighted by Gasteiger charge is -2.40. The Labute approximate surface area is 164 Å². The maximum Gasteiger partial charge on any atom is 0.225 e. The zero-order valence-corrected chi connectivity index (χ0v) is 16.6. The van der Waals surface area contributed by atoms with Crippen LogP contribution in [0, 0.1) is 11.8 Å². The van der Waals surface area contributed by atoms with E-state index in [1.165, 1.54) is 37.8 Å². The number of nitrogens with one attached hydrogen (secondary N) is 1. The number of likely N-dealkylation sites (tertiary alicyclic amines) is 1. The number of carbonyl (C=O) groups excluding carboxylic acids is 1. The minimum Gasteiger partial charge on any atom is -0.338 e. The van der Waals surface area contributed by atoms with E-state index in [-0.39, 0.29) is 0 Å². The van der Waals surface area contributed by atoms with E-state index in [4.69, 9.17) is 0 Å². The van der Waals surface area contributed by atoms with Gasteiger partial charge in [0.25, 0.3) is 0 Å². The molecule has 1 amide bonds.